The fourth-order valence-corrected chi connectivity index (χ4v) is 3.85. The van der Waals surface area contributed by atoms with Crippen molar-refractivity contribution in [3.63, 3.8) is 0 Å². The third-order valence-corrected chi connectivity index (χ3v) is 5.44. The van der Waals surface area contributed by atoms with Crippen molar-refractivity contribution in [2.75, 3.05) is 39.9 Å². The minimum Gasteiger partial charge on any atom is -0.379 e. The van der Waals surface area contributed by atoms with Gasteiger partial charge in [0.25, 0.3) is 0 Å². The third-order valence-electron chi connectivity index (χ3n) is 5.20. The molecule has 3 heterocycles. The van der Waals surface area contributed by atoms with Gasteiger partial charge in [-0.15, -0.1) is 34.2 Å². The van der Waals surface area contributed by atoms with Gasteiger partial charge in [-0.2, -0.15) is 0 Å². The quantitative estimate of drug-likeness (QED) is 0.277. The molecule has 31 heavy (non-hydrogen) atoms. The maximum atomic E-state index is 6.26. The second-order valence-electron chi connectivity index (χ2n) is 7.07. The van der Waals surface area contributed by atoms with Crippen LogP contribution >= 0.6 is 35.6 Å². The second kappa shape index (κ2) is 11.6. The van der Waals surface area contributed by atoms with Crippen molar-refractivity contribution in [1.29, 1.82) is 0 Å². The van der Waals surface area contributed by atoms with E-state index >= 15 is 0 Å². The van der Waals surface area contributed by atoms with E-state index in [1.165, 1.54) is 5.56 Å². The first-order chi connectivity index (χ1) is 14.7. The summed E-state index contributed by atoms with van der Waals surface area (Å²) in [6.07, 6.45) is 1.95. The van der Waals surface area contributed by atoms with Crippen molar-refractivity contribution in [3.05, 3.63) is 65.1 Å². The normalized spacial score (nSPS) is 16.0. The summed E-state index contributed by atoms with van der Waals surface area (Å²) >= 11 is 6.26. The summed E-state index contributed by atoms with van der Waals surface area (Å²) < 4.78 is 7.49. The molecule has 2 aromatic heterocycles. The Hall–Kier alpha value is -1.95. The molecule has 0 bridgehead atoms. The zero-order chi connectivity index (χ0) is 20.8. The first-order valence-electron chi connectivity index (χ1n) is 10.0. The van der Waals surface area contributed by atoms with E-state index in [-0.39, 0.29) is 30.0 Å². The van der Waals surface area contributed by atoms with Gasteiger partial charge in [-0.25, -0.2) is 0 Å². The van der Waals surface area contributed by atoms with E-state index in [1.807, 2.05) is 47.0 Å². The number of hydrogen-bond acceptors (Lipinski definition) is 5. The number of aromatic nitrogens is 3. The Morgan fingerprint density at radius 1 is 1.16 bits per heavy atom. The van der Waals surface area contributed by atoms with Gasteiger partial charge in [0.1, 0.15) is 0 Å². The number of halogens is 2. The standard InChI is InChI=1S/C21H26ClN7O.HI/c1-23-21(25-15-20-27-26-19-7-2-3-8-29(19)20)24-14-18(28-9-11-30-12-10-28)16-5-4-6-17(22)13-16;/h2-8,13,18H,9-12,14-15H2,1H3,(H2,23,24,25);1H. The predicted molar refractivity (Wildman–Crippen MR) is 133 cm³/mol. The van der Waals surface area contributed by atoms with Crippen LogP contribution in [-0.4, -0.2) is 65.4 Å². The van der Waals surface area contributed by atoms with Gasteiger partial charge >= 0.3 is 0 Å². The van der Waals surface area contributed by atoms with E-state index in [4.69, 9.17) is 16.3 Å². The van der Waals surface area contributed by atoms with E-state index in [2.05, 4.69) is 36.8 Å². The monoisotopic (exact) mass is 555 g/mol. The van der Waals surface area contributed by atoms with Gasteiger partial charge in [-0.3, -0.25) is 14.3 Å². The highest BCUT2D eigenvalue weighted by Crippen LogP contribution is 2.24. The fourth-order valence-electron chi connectivity index (χ4n) is 3.65. The van der Waals surface area contributed by atoms with Crippen LogP contribution in [0.3, 0.4) is 0 Å². The summed E-state index contributed by atoms with van der Waals surface area (Å²) in [7, 11) is 1.76. The maximum absolute atomic E-state index is 6.26. The van der Waals surface area contributed by atoms with Gasteiger partial charge < -0.3 is 15.4 Å². The van der Waals surface area contributed by atoms with Crippen molar-refractivity contribution < 1.29 is 4.74 Å². The maximum Gasteiger partial charge on any atom is 0.191 e. The number of aliphatic imine (C=N–C) groups is 1. The number of guanidine groups is 1. The summed E-state index contributed by atoms with van der Waals surface area (Å²) in [4.78, 5) is 6.78. The van der Waals surface area contributed by atoms with Crippen LogP contribution < -0.4 is 10.6 Å². The Morgan fingerprint density at radius 3 is 2.77 bits per heavy atom. The van der Waals surface area contributed by atoms with Crippen molar-refractivity contribution in [1.82, 2.24) is 30.1 Å². The van der Waals surface area contributed by atoms with E-state index in [0.29, 0.717) is 19.0 Å². The van der Waals surface area contributed by atoms with Crippen LogP contribution in [0.25, 0.3) is 5.65 Å². The number of benzene rings is 1. The Morgan fingerprint density at radius 2 is 2.00 bits per heavy atom. The number of fused-ring (bicyclic) bond motifs is 1. The number of ether oxygens (including phenoxy) is 1. The summed E-state index contributed by atoms with van der Waals surface area (Å²) in [5.74, 6) is 1.54. The van der Waals surface area contributed by atoms with E-state index < -0.39 is 0 Å². The molecule has 0 aliphatic carbocycles. The zero-order valence-electron chi connectivity index (χ0n) is 17.4. The highest BCUT2D eigenvalue weighted by Gasteiger charge is 2.23. The van der Waals surface area contributed by atoms with Crippen LogP contribution in [0.2, 0.25) is 5.02 Å². The molecule has 1 atom stereocenters. The molecule has 166 valence electrons. The Kier molecular flexibility index (Phi) is 8.88. The molecule has 0 saturated carbocycles. The van der Waals surface area contributed by atoms with Crippen LogP contribution in [0.1, 0.15) is 17.4 Å². The molecular formula is C21H27ClIN7O. The number of morpholine rings is 1. The number of nitrogens with zero attached hydrogens (tertiary/aromatic N) is 5. The van der Waals surface area contributed by atoms with Crippen LogP contribution in [0, 0.1) is 0 Å². The minimum atomic E-state index is 0. The van der Waals surface area contributed by atoms with Crippen molar-refractivity contribution >= 4 is 47.2 Å². The lowest BCUT2D eigenvalue weighted by Crippen LogP contribution is -2.46. The summed E-state index contributed by atoms with van der Waals surface area (Å²) in [6.45, 7) is 4.46. The van der Waals surface area contributed by atoms with E-state index in [9.17, 15) is 0 Å². The average Bonchev–Trinajstić information content (AvgIpc) is 3.20. The molecule has 10 heteroatoms. The lowest BCUT2D eigenvalue weighted by atomic mass is 10.0. The molecule has 4 rings (SSSR count). The molecule has 8 nitrogen and oxygen atoms in total. The summed E-state index contributed by atoms with van der Waals surface area (Å²) in [5, 5.41) is 16.0. The van der Waals surface area contributed by atoms with Gasteiger partial charge in [0, 0.05) is 37.9 Å². The number of rotatable bonds is 6. The molecule has 1 aromatic carbocycles. The molecule has 2 N–H and O–H groups in total. The summed E-state index contributed by atoms with van der Waals surface area (Å²) in [5.41, 5.74) is 2.00. The lowest BCUT2D eigenvalue weighted by Gasteiger charge is -2.35. The smallest absolute Gasteiger partial charge is 0.191 e. The molecular weight excluding hydrogens is 529 g/mol. The largest absolute Gasteiger partial charge is 0.379 e. The first-order valence-corrected chi connectivity index (χ1v) is 10.4. The number of hydrogen-bond donors (Lipinski definition) is 2. The van der Waals surface area contributed by atoms with Crippen LogP contribution in [0.4, 0.5) is 0 Å². The minimum absolute atomic E-state index is 0. The van der Waals surface area contributed by atoms with E-state index in [1.54, 1.807) is 7.05 Å². The molecule has 0 spiro atoms. The molecule has 1 saturated heterocycles. The number of pyridine rings is 1. The van der Waals surface area contributed by atoms with Gasteiger partial charge in [-0.1, -0.05) is 29.8 Å². The molecule has 1 aliphatic heterocycles. The van der Waals surface area contributed by atoms with Gasteiger partial charge in [0.2, 0.25) is 0 Å². The topological polar surface area (TPSA) is 79.1 Å². The molecule has 3 aromatic rings. The molecule has 0 radical (unpaired) electrons. The zero-order valence-corrected chi connectivity index (χ0v) is 20.5. The van der Waals surface area contributed by atoms with Crippen molar-refractivity contribution in [2.45, 2.75) is 12.6 Å². The lowest BCUT2D eigenvalue weighted by molar-refractivity contribution is 0.0170. The molecule has 1 aliphatic rings. The molecule has 1 fully saturated rings. The van der Waals surface area contributed by atoms with E-state index in [0.717, 1.165) is 42.8 Å². The highest BCUT2D eigenvalue weighted by atomic mass is 127. The Bertz CT molecular complexity index is 1010. The van der Waals surface area contributed by atoms with Crippen molar-refractivity contribution in [3.8, 4) is 0 Å². The first kappa shape index (κ1) is 23.7. The Balaban J connectivity index is 0.00000272. The van der Waals surface area contributed by atoms with Crippen LogP contribution in [-0.2, 0) is 11.3 Å². The Labute approximate surface area is 204 Å². The molecule has 1 unspecified atom stereocenters. The second-order valence-corrected chi connectivity index (χ2v) is 7.51. The predicted octanol–water partition coefficient (Wildman–Crippen LogP) is 2.74. The highest BCUT2D eigenvalue weighted by molar-refractivity contribution is 14.0. The number of nitrogens with one attached hydrogen (secondary N) is 2. The fraction of sp³-hybridized carbons (Fsp3) is 0.381. The SMILES string of the molecule is CN=C(NCc1nnc2ccccn12)NCC(c1cccc(Cl)c1)N1CCOCC1.I. The third kappa shape index (κ3) is 6.06. The van der Waals surface area contributed by atoms with Crippen LogP contribution in [0.5, 0.6) is 0 Å². The van der Waals surface area contributed by atoms with Gasteiger partial charge in [-0.05, 0) is 29.8 Å². The summed E-state index contributed by atoms with van der Waals surface area (Å²) in [6, 6.07) is 14.1. The van der Waals surface area contributed by atoms with Crippen molar-refractivity contribution in [2.24, 2.45) is 4.99 Å². The van der Waals surface area contributed by atoms with Gasteiger partial charge in [0.15, 0.2) is 17.4 Å². The van der Waals surface area contributed by atoms with Crippen LogP contribution in [0.15, 0.2) is 53.7 Å². The average molecular weight is 556 g/mol. The van der Waals surface area contributed by atoms with Gasteiger partial charge in [0.05, 0.1) is 25.8 Å². The molecule has 0 amide bonds.